The van der Waals surface area contributed by atoms with Gasteiger partial charge in [-0.25, -0.2) is 4.39 Å². The summed E-state index contributed by atoms with van der Waals surface area (Å²) >= 11 is 15.4. The minimum absolute atomic E-state index is 0.134. The second-order valence-electron chi connectivity index (χ2n) is 4.75. The topological polar surface area (TPSA) is 12.0 Å². The van der Waals surface area contributed by atoms with Crippen LogP contribution >= 0.6 is 39.1 Å². The van der Waals surface area contributed by atoms with Gasteiger partial charge < -0.3 is 5.32 Å². The van der Waals surface area contributed by atoms with E-state index in [4.69, 9.17) is 23.2 Å². The lowest BCUT2D eigenvalue weighted by molar-refractivity contribution is 0.516. The highest BCUT2D eigenvalue weighted by Crippen LogP contribution is 2.27. The van der Waals surface area contributed by atoms with Crippen molar-refractivity contribution in [3.05, 3.63) is 67.9 Å². The van der Waals surface area contributed by atoms with Crippen molar-refractivity contribution in [2.75, 3.05) is 0 Å². The average Bonchev–Trinajstić information content (AvgIpc) is 2.46. The molecule has 0 aliphatic rings. The first-order valence-electron chi connectivity index (χ1n) is 6.63. The second kappa shape index (κ2) is 7.59. The van der Waals surface area contributed by atoms with E-state index < -0.39 is 0 Å². The molecule has 21 heavy (non-hydrogen) atoms. The van der Waals surface area contributed by atoms with Gasteiger partial charge in [0.05, 0.1) is 10.0 Å². The lowest BCUT2D eigenvalue weighted by Gasteiger charge is -2.18. The molecule has 0 bridgehead atoms. The Kier molecular flexibility index (Phi) is 6.06. The molecule has 1 N–H and O–H groups in total. The van der Waals surface area contributed by atoms with Crippen LogP contribution in [-0.2, 0) is 6.54 Å². The van der Waals surface area contributed by atoms with E-state index >= 15 is 0 Å². The van der Waals surface area contributed by atoms with Crippen molar-refractivity contribution in [1.82, 2.24) is 5.32 Å². The van der Waals surface area contributed by atoms with E-state index in [0.717, 1.165) is 22.0 Å². The van der Waals surface area contributed by atoms with Crippen LogP contribution in [0.1, 0.15) is 30.5 Å². The van der Waals surface area contributed by atoms with Gasteiger partial charge in [-0.3, -0.25) is 0 Å². The van der Waals surface area contributed by atoms with Crippen molar-refractivity contribution >= 4 is 39.1 Å². The number of halogens is 4. The van der Waals surface area contributed by atoms with Gasteiger partial charge >= 0.3 is 0 Å². The minimum atomic E-state index is -0.238. The molecule has 0 heterocycles. The third-order valence-corrected chi connectivity index (χ3v) is 4.81. The molecule has 0 amide bonds. The lowest BCUT2D eigenvalue weighted by atomic mass is 10.0. The smallest absolute Gasteiger partial charge is 0.123 e. The Morgan fingerprint density at radius 1 is 1.14 bits per heavy atom. The summed E-state index contributed by atoms with van der Waals surface area (Å²) in [4.78, 5) is 0. The van der Waals surface area contributed by atoms with Crippen molar-refractivity contribution in [2.24, 2.45) is 0 Å². The van der Waals surface area contributed by atoms with Crippen LogP contribution in [0.3, 0.4) is 0 Å². The van der Waals surface area contributed by atoms with Crippen molar-refractivity contribution in [1.29, 1.82) is 0 Å². The highest BCUT2D eigenvalue weighted by atomic mass is 79.9. The Hall–Kier alpha value is -0.610. The molecule has 0 spiro atoms. The zero-order valence-corrected chi connectivity index (χ0v) is 14.6. The molecule has 2 aromatic carbocycles. The predicted octanol–water partition coefficient (Wildman–Crippen LogP) is 6.14. The highest BCUT2D eigenvalue weighted by molar-refractivity contribution is 9.10. The summed E-state index contributed by atoms with van der Waals surface area (Å²) < 4.78 is 14.2. The normalized spacial score (nSPS) is 12.4. The molecule has 0 aliphatic carbocycles. The van der Waals surface area contributed by atoms with Gasteiger partial charge in [-0.1, -0.05) is 52.1 Å². The number of hydrogen-bond donors (Lipinski definition) is 1. The summed E-state index contributed by atoms with van der Waals surface area (Å²) in [7, 11) is 0. The minimum Gasteiger partial charge on any atom is -0.306 e. The van der Waals surface area contributed by atoms with Crippen LogP contribution < -0.4 is 5.32 Å². The number of benzene rings is 2. The largest absolute Gasteiger partial charge is 0.306 e. The fourth-order valence-electron chi connectivity index (χ4n) is 2.14. The standard InChI is InChI=1S/C16H15BrCl2FN/c1-2-16(10-3-6-14(18)15(19)8-10)21-9-11-7-12(20)4-5-13(11)17/h3-8,16,21H,2,9H2,1H3. The van der Waals surface area contributed by atoms with Crippen molar-refractivity contribution < 1.29 is 4.39 Å². The summed E-state index contributed by atoms with van der Waals surface area (Å²) in [5, 5.41) is 4.51. The Morgan fingerprint density at radius 3 is 2.57 bits per heavy atom. The van der Waals surface area contributed by atoms with Gasteiger partial charge in [-0.2, -0.15) is 0 Å². The van der Waals surface area contributed by atoms with E-state index in [1.165, 1.54) is 12.1 Å². The maximum Gasteiger partial charge on any atom is 0.123 e. The Bertz CT molecular complexity index is 634. The lowest BCUT2D eigenvalue weighted by Crippen LogP contribution is -2.20. The van der Waals surface area contributed by atoms with E-state index in [9.17, 15) is 4.39 Å². The fraction of sp³-hybridized carbons (Fsp3) is 0.250. The maximum absolute atomic E-state index is 13.3. The Balaban J connectivity index is 2.12. The van der Waals surface area contributed by atoms with Gasteiger partial charge in [0.1, 0.15) is 5.82 Å². The van der Waals surface area contributed by atoms with Crippen LogP contribution in [0.15, 0.2) is 40.9 Å². The first-order chi connectivity index (χ1) is 10.0. The third kappa shape index (κ3) is 4.43. The number of hydrogen-bond acceptors (Lipinski definition) is 1. The molecule has 2 aromatic rings. The molecule has 0 aliphatic heterocycles. The first kappa shape index (κ1) is 16.8. The summed E-state index contributed by atoms with van der Waals surface area (Å²) in [5.41, 5.74) is 1.95. The van der Waals surface area contributed by atoms with Crippen molar-refractivity contribution in [3.63, 3.8) is 0 Å². The van der Waals surface area contributed by atoms with Gasteiger partial charge in [0.25, 0.3) is 0 Å². The average molecular weight is 391 g/mol. The molecule has 0 saturated heterocycles. The number of rotatable bonds is 5. The van der Waals surface area contributed by atoms with E-state index in [2.05, 4.69) is 28.2 Å². The highest BCUT2D eigenvalue weighted by Gasteiger charge is 2.11. The Morgan fingerprint density at radius 2 is 1.90 bits per heavy atom. The van der Waals surface area contributed by atoms with Crippen LogP contribution in [0, 0.1) is 5.82 Å². The van der Waals surface area contributed by atoms with E-state index in [0.29, 0.717) is 16.6 Å². The van der Waals surface area contributed by atoms with Gasteiger partial charge in [0, 0.05) is 17.1 Å². The second-order valence-corrected chi connectivity index (χ2v) is 6.42. The molecule has 2 rings (SSSR count). The summed E-state index contributed by atoms with van der Waals surface area (Å²) in [6, 6.07) is 10.4. The molecule has 0 aromatic heterocycles. The summed E-state index contributed by atoms with van der Waals surface area (Å²) in [5.74, 6) is -0.238. The fourth-order valence-corrected chi connectivity index (χ4v) is 2.83. The van der Waals surface area contributed by atoms with E-state index in [1.54, 1.807) is 12.1 Å². The van der Waals surface area contributed by atoms with Gasteiger partial charge in [0.15, 0.2) is 0 Å². The van der Waals surface area contributed by atoms with Crippen LogP contribution in [-0.4, -0.2) is 0 Å². The van der Waals surface area contributed by atoms with E-state index in [-0.39, 0.29) is 11.9 Å². The quantitative estimate of drug-likeness (QED) is 0.646. The van der Waals surface area contributed by atoms with Crippen LogP contribution in [0.2, 0.25) is 10.0 Å². The van der Waals surface area contributed by atoms with Gasteiger partial charge in [-0.05, 0) is 47.9 Å². The third-order valence-electron chi connectivity index (χ3n) is 3.30. The molecule has 0 fully saturated rings. The predicted molar refractivity (Wildman–Crippen MR) is 90.4 cm³/mol. The SMILES string of the molecule is CCC(NCc1cc(F)ccc1Br)c1ccc(Cl)c(Cl)c1. The zero-order chi connectivity index (χ0) is 15.4. The Labute approximate surface area is 142 Å². The molecule has 112 valence electrons. The maximum atomic E-state index is 13.3. The van der Waals surface area contributed by atoms with Gasteiger partial charge in [0.2, 0.25) is 0 Å². The molecule has 1 atom stereocenters. The molecular formula is C16H15BrCl2FN. The summed E-state index contributed by atoms with van der Waals surface area (Å²) in [6.45, 7) is 2.65. The summed E-state index contributed by atoms with van der Waals surface area (Å²) in [6.07, 6.45) is 0.894. The molecule has 5 heteroatoms. The van der Waals surface area contributed by atoms with Crippen LogP contribution in [0.4, 0.5) is 4.39 Å². The molecule has 0 radical (unpaired) electrons. The van der Waals surface area contributed by atoms with Crippen LogP contribution in [0.25, 0.3) is 0 Å². The molecule has 0 saturated carbocycles. The van der Waals surface area contributed by atoms with Crippen molar-refractivity contribution in [3.8, 4) is 0 Å². The molecule has 1 nitrogen and oxygen atoms in total. The zero-order valence-electron chi connectivity index (χ0n) is 11.5. The van der Waals surface area contributed by atoms with Crippen molar-refractivity contribution in [2.45, 2.75) is 25.9 Å². The molecule has 1 unspecified atom stereocenters. The van der Waals surface area contributed by atoms with E-state index in [1.807, 2.05) is 12.1 Å². The number of nitrogens with one attached hydrogen (secondary N) is 1. The monoisotopic (exact) mass is 389 g/mol. The first-order valence-corrected chi connectivity index (χ1v) is 8.18. The molecular weight excluding hydrogens is 376 g/mol. The van der Waals surface area contributed by atoms with Crippen LogP contribution in [0.5, 0.6) is 0 Å². The van der Waals surface area contributed by atoms with Gasteiger partial charge in [-0.15, -0.1) is 0 Å².